The highest BCUT2D eigenvalue weighted by Crippen LogP contribution is 2.18. The highest BCUT2D eigenvalue weighted by molar-refractivity contribution is 7.94. The molecule has 1 aromatic carbocycles. The Morgan fingerprint density at radius 2 is 2.00 bits per heavy atom. The number of primary amides is 1. The van der Waals surface area contributed by atoms with Gasteiger partial charge in [-0.3, -0.25) is 14.3 Å². The summed E-state index contributed by atoms with van der Waals surface area (Å²) < 4.78 is 38.4. The molecule has 104 valence electrons. The zero-order valence-corrected chi connectivity index (χ0v) is 10.6. The van der Waals surface area contributed by atoms with E-state index in [1.807, 2.05) is 0 Å². The molecule has 1 amide bonds. The van der Waals surface area contributed by atoms with Crippen molar-refractivity contribution in [3.63, 3.8) is 0 Å². The number of carbonyl (C=O) groups is 2. The molecule has 0 aromatic heterocycles. The van der Waals surface area contributed by atoms with Crippen LogP contribution in [0.2, 0.25) is 0 Å². The van der Waals surface area contributed by atoms with Gasteiger partial charge in [0.15, 0.2) is 5.25 Å². The fourth-order valence-corrected chi connectivity index (χ4v) is 2.04. The van der Waals surface area contributed by atoms with Crippen LogP contribution in [0.5, 0.6) is 0 Å². The van der Waals surface area contributed by atoms with Crippen LogP contribution in [-0.4, -0.2) is 30.7 Å². The van der Waals surface area contributed by atoms with Crippen molar-refractivity contribution in [2.75, 3.05) is 4.72 Å². The van der Waals surface area contributed by atoms with Crippen LogP contribution in [0, 0.1) is 5.82 Å². The maximum absolute atomic E-state index is 13.4. The van der Waals surface area contributed by atoms with E-state index in [-0.39, 0.29) is 5.56 Å². The van der Waals surface area contributed by atoms with E-state index >= 15 is 0 Å². The fourth-order valence-electron chi connectivity index (χ4n) is 1.13. The molecule has 0 aliphatic heterocycles. The summed E-state index contributed by atoms with van der Waals surface area (Å²) in [4.78, 5) is 21.5. The van der Waals surface area contributed by atoms with Crippen molar-refractivity contribution in [2.45, 2.75) is 12.2 Å². The second-order valence-corrected chi connectivity index (χ2v) is 5.69. The van der Waals surface area contributed by atoms with Gasteiger partial charge in [-0.05, 0) is 25.1 Å². The van der Waals surface area contributed by atoms with Crippen LogP contribution >= 0.6 is 0 Å². The normalized spacial score (nSPS) is 12.7. The van der Waals surface area contributed by atoms with Crippen molar-refractivity contribution >= 4 is 27.6 Å². The highest BCUT2D eigenvalue weighted by Gasteiger charge is 2.28. The van der Waals surface area contributed by atoms with E-state index < -0.39 is 38.7 Å². The standard InChI is InChI=1S/C10H11FN2O5S/c1-5(10(15)16)19(17,18)13-8-4-6(9(12)14)2-3-7(8)11/h2-5,13H,1H3,(H2,12,14)(H,15,16). The third-order valence-electron chi connectivity index (χ3n) is 2.32. The number of halogens is 1. The molecule has 0 radical (unpaired) electrons. The molecule has 1 rings (SSSR count). The van der Waals surface area contributed by atoms with Crippen molar-refractivity contribution in [3.8, 4) is 0 Å². The fraction of sp³-hybridized carbons (Fsp3) is 0.200. The van der Waals surface area contributed by atoms with Crippen LogP contribution in [-0.2, 0) is 14.8 Å². The molecule has 1 aromatic rings. The molecule has 1 atom stereocenters. The molecular weight excluding hydrogens is 279 g/mol. The number of hydrogen-bond donors (Lipinski definition) is 3. The monoisotopic (exact) mass is 290 g/mol. The maximum atomic E-state index is 13.4. The molecule has 1 unspecified atom stereocenters. The number of nitrogens with two attached hydrogens (primary N) is 1. The molecular formula is C10H11FN2O5S. The lowest BCUT2D eigenvalue weighted by Crippen LogP contribution is -2.32. The Labute approximate surface area is 108 Å². The van der Waals surface area contributed by atoms with E-state index in [9.17, 15) is 22.4 Å². The predicted octanol–water partition coefficient (Wildman–Crippen LogP) is 0.139. The van der Waals surface area contributed by atoms with Gasteiger partial charge in [0.05, 0.1) is 5.69 Å². The summed E-state index contributed by atoms with van der Waals surface area (Å²) in [5, 5.41) is 6.85. The van der Waals surface area contributed by atoms with Crippen LogP contribution in [0.15, 0.2) is 18.2 Å². The van der Waals surface area contributed by atoms with E-state index in [2.05, 4.69) is 0 Å². The van der Waals surface area contributed by atoms with Crippen molar-refractivity contribution < 1.29 is 27.5 Å². The van der Waals surface area contributed by atoms with Crippen LogP contribution < -0.4 is 10.5 Å². The van der Waals surface area contributed by atoms with Gasteiger partial charge in [-0.2, -0.15) is 0 Å². The predicted molar refractivity (Wildman–Crippen MR) is 64.6 cm³/mol. The minimum Gasteiger partial charge on any atom is -0.480 e. The van der Waals surface area contributed by atoms with Gasteiger partial charge < -0.3 is 10.8 Å². The molecule has 0 saturated carbocycles. The first-order valence-electron chi connectivity index (χ1n) is 4.99. The number of aliphatic carboxylic acids is 1. The first kappa shape index (κ1) is 14.9. The first-order chi connectivity index (χ1) is 8.65. The molecule has 0 saturated heterocycles. The van der Waals surface area contributed by atoms with Gasteiger partial charge in [-0.1, -0.05) is 0 Å². The van der Waals surface area contributed by atoms with Crippen molar-refractivity contribution in [1.29, 1.82) is 0 Å². The molecule has 0 aliphatic rings. The van der Waals surface area contributed by atoms with Crippen molar-refractivity contribution in [2.24, 2.45) is 5.73 Å². The summed E-state index contributed by atoms with van der Waals surface area (Å²) in [5.74, 6) is -3.41. The van der Waals surface area contributed by atoms with Gasteiger partial charge in [-0.15, -0.1) is 0 Å². The van der Waals surface area contributed by atoms with Gasteiger partial charge in [-0.25, -0.2) is 12.8 Å². The number of hydrogen-bond acceptors (Lipinski definition) is 4. The highest BCUT2D eigenvalue weighted by atomic mass is 32.2. The zero-order valence-electron chi connectivity index (χ0n) is 9.75. The summed E-state index contributed by atoms with van der Waals surface area (Å²) in [6.45, 7) is 0.931. The number of benzene rings is 1. The van der Waals surface area contributed by atoms with Gasteiger partial charge in [0.1, 0.15) is 5.82 Å². The summed E-state index contributed by atoms with van der Waals surface area (Å²) in [6, 6.07) is 2.82. The molecule has 0 aliphatic carbocycles. The number of carboxylic acids is 1. The average molecular weight is 290 g/mol. The second-order valence-electron chi connectivity index (χ2n) is 3.69. The molecule has 7 nitrogen and oxygen atoms in total. The number of sulfonamides is 1. The van der Waals surface area contributed by atoms with Crippen molar-refractivity contribution in [3.05, 3.63) is 29.6 Å². The molecule has 9 heteroatoms. The molecule has 19 heavy (non-hydrogen) atoms. The van der Waals surface area contributed by atoms with Crippen LogP contribution in [0.25, 0.3) is 0 Å². The number of carboxylic acid groups (broad SMARTS) is 1. The lowest BCUT2D eigenvalue weighted by molar-refractivity contribution is -0.136. The minimum absolute atomic E-state index is 0.109. The van der Waals surface area contributed by atoms with Gasteiger partial charge in [0.2, 0.25) is 15.9 Å². The summed E-state index contributed by atoms with van der Waals surface area (Å²) >= 11 is 0. The molecule has 0 spiro atoms. The Kier molecular flexibility index (Phi) is 4.10. The number of carbonyl (C=O) groups excluding carboxylic acids is 1. The molecule has 0 heterocycles. The average Bonchev–Trinajstić information content (AvgIpc) is 2.30. The number of rotatable bonds is 5. The van der Waals surface area contributed by atoms with E-state index in [4.69, 9.17) is 10.8 Å². The maximum Gasteiger partial charge on any atom is 0.323 e. The topological polar surface area (TPSA) is 127 Å². The van der Waals surface area contributed by atoms with Crippen LogP contribution in [0.4, 0.5) is 10.1 Å². The van der Waals surface area contributed by atoms with E-state index in [1.165, 1.54) is 0 Å². The third-order valence-corrected chi connectivity index (χ3v) is 3.95. The summed E-state index contributed by atoms with van der Waals surface area (Å²) in [6.07, 6.45) is 0. The summed E-state index contributed by atoms with van der Waals surface area (Å²) in [7, 11) is -4.32. The zero-order chi connectivity index (χ0) is 14.8. The lowest BCUT2D eigenvalue weighted by Gasteiger charge is -2.12. The summed E-state index contributed by atoms with van der Waals surface area (Å²) in [5.41, 5.74) is 4.33. The quantitative estimate of drug-likeness (QED) is 0.711. The molecule has 0 fully saturated rings. The van der Waals surface area contributed by atoms with E-state index in [1.54, 1.807) is 4.72 Å². The van der Waals surface area contributed by atoms with Crippen molar-refractivity contribution in [1.82, 2.24) is 0 Å². The Bertz CT molecular complexity index is 629. The number of amides is 1. The van der Waals surface area contributed by atoms with Gasteiger partial charge in [0.25, 0.3) is 0 Å². The SMILES string of the molecule is CC(C(=O)O)S(=O)(=O)Nc1cc(C(N)=O)ccc1F. The number of anilines is 1. The van der Waals surface area contributed by atoms with Gasteiger partial charge >= 0.3 is 5.97 Å². The van der Waals surface area contributed by atoms with E-state index in [0.717, 1.165) is 25.1 Å². The Hall–Kier alpha value is -2.16. The largest absolute Gasteiger partial charge is 0.480 e. The smallest absolute Gasteiger partial charge is 0.323 e. The van der Waals surface area contributed by atoms with Crippen LogP contribution in [0.1, 0.15) is 17.3 Å². The molecule has 4 N–H and O–H groups in total. The van der Waals surface area contributed by atoms with E-state index in [0.29, 0.717) is 0 Å². The number of nitrogens with one attached hydrogen (secondary N) is 1. The Balaban J connectivity index is 3.15. The Morgan fingerprint density at radius 1 is 1.42 bits per heavy atom. The van der Waals surface area contributed by atoms with Crippen LogP contribution in [0.3, 0.4) is 0 Å². The lowest BCUT2D eigenvalue weighted by atomic mass is 10.2. The minimum atomic E-state index is -4.32. The van der Waals surface area contributed by atoms with Gasteiger partial charge in [0, 0.05) is 5.56 Å². The Morgan fingerprint density at radius 3 is 2.47 bits per heavy atom. The third kappa shape index (κ3) is 3.41. The first-order valence-corrected chi connectivity index (χ1v) is 6.53. The molecule has 0 bridgehead atoms. The second kappa shape index (κ2) is 5.22.